The number of likely N-dealkylation sites (N-methyl/N-ethyl adjacent to an activating group) is 1. The van der Waals surface area contributed by atoms with Gasteiger partial charge in [0.2, 0.25) is 5.91 Å². The second-order valence-corrected chi connectivity index (χ2v) is 14.6. The molecule has 0 spiro atoms. The summed E-state index contributed by atoms with van der Waals surface area (Å²) in [6.45, 7) is 8.69. The van der Waals surface area contributed by atoms with Gasteiger partial charge in [-0.1, -0.05) is 46.6 Å². The zero-order valence-corrected chi connectivity index (χ0v) is 32.0. The van der Waals surface area contributed by atoms with Gasteiger partial charge in [0.1, 0.15) is 12.3 Å². The number of hydrogen-bond donors (Lipinski definition) is 3. The van der Waals surface area contributed by atoms with Crippen molar-refractivity contribution in [1.82, 2.24) is 29.1 Å². The van der Waals surface area contributed by atoms with Gasteiger partial charge in [-0.15, -0.1) is 0 Å². The van der Waals surface area contributed by atoms with E-state index in [9.17, 15) is 22.8 Å². The van der Waals surface area contributed by atoms with Crippen LogP contribution in [-0.4, -0.2) is 87.4 Å². The predicted octanol–water partition coefficient (Wildman–Crippen LogP) is 5.56. The first kappa shape index (κ1) is 40.3. The molecule has 0 aliphatic heterocycles. The first-order valence-electron chi connectivity index (χ1n) is 17.6. The van der Waals surface area contributed by atoms with E-state index in [0.717, 1.165) is 70.6 Å². The lowest BCUT2D eigenvalue weighted by atomic mass is 9.86. The Balaban J connectivity index is 0.00000332. The topological polar surface area (TPSA) is 142 Å². The van der Waals surface area contributed by atoms with Crippen LogP contribution in [0.4, 0.5) is 4.79 Å². The lowest BCUT2D eigenvalue weighted by Crippen LogP contribution is -2.44. The van der Waals surface area contributed by atoms with Gasteiger partial charge in [0.15, 0.2) is 0 Å². The van der Waals surface area contributed by atoms with Crippen molar-refractivity contribution >= 4 is 39.0 Å². The van der Waals surface area contributed by atoms with Crippen LogP contribution in [-0.2, 0) is 28.5 Å². The van der Waals surface area contributed by atoms with Crippen LogP contribution in [0.5, 0.6) is 5.75 Å². The maximum absolute atomic E-state index is 13.1. The number of hydrogen-bond acceptors (Lipinski definition) is 6. The molecule has 1 heterocycles. The van der Waals surface area contributed by atoms with Crippen molar-refractivity contribution in [2.24, 2.45) is 7.05 Å². The minimum Gasteiger partial charge on any atom is -0.497 e. The zero-order chi connectivity index (χ0) is 37.2. The maximum atomic E-state index is 13.1. The second kappa shape index (κ2) is 18.2. The molecule has 50 heavy (non-hydrogen) atoms. The van der Waals surface area contributed by atoms with Crippen molar-refractivity contribution in [3.8, 4) is 17.0 Å². The van der Waals surface area contributed by atoms with Gasteiger partial charge in [-0.3, -0.25) is 9.59 Å². The summed E-state index contributed by atoms with van der Waals surface area (Å²) < 4.78 is 35.5. The summed E-state index contributed by atoms with van der Waals surface area (Å²) in [6.07, 6.45) is 6.50. The Morgan fingerprint density at radius 1 is 1.04 bits per heavy atom. The lowest BCUT2D eigenvalue weighted by Gasteiger charge is -2.21. The number of urea groups is 1. The Morgan fingerprint density at radius 3 is 2.34 bits per heavy atom. The number of methoxy groups -OCH3 is 1. The van der Waals surface area contributed by atoms with Gasteiger partial charge < -0.3 is 24.8 Å². The van der Waals surface area contributed by atoms with Crippen LogP contribution in [0.25, 0.3) is 22.2 Å². The molecule has 1 atom stereocenters. The molecule has 0 bridgehead atoms. The quantitative estimate of drug-likeness (QED) is 0.178. The van der Waals surface area contributed by atoms with Gasteiger partial charge >= 0.3 is 16.2 Å². The molecule has 2 aromatic carbocycles. The van der Waals surface area contributed by atoms with Crippen LogP contribution in [0, 0.1) is 0 Å². The van der Waals surface area contributed by atoms with Gasteiger partial charge in [0, 0.05) is 62.8 Å². The number of ether oxygens (including phenoxy) is 1. The molecule has 1 unspecified atom stereocenters. The minimum absolute atomic E-state index is 0.0106. The van der Waals surface area contributed by atoms with Crippen molar-refractivity contribution in [1.29, 1.82) is 0 Å². The highest BCUT2D eigenvalue weighted by Gasteiger charge is 2.27. The number of rotatable bonds is 16. The number of benzene rings is 2. The smallest absolute Gasteiger partial charge is 0.317 e. The Morgan fingerprint density at radius 2 is 1.74 bits per heavy atom. The maximum Gasteiger partial charge on any atom is 0.317 e. The number of carbonyl (C=O) groups is 3. The molecule has 1 fully saturated rings. The average Bonchev–Trinajstić information content (AvgIpc) is 3.87. The highest BCUT2D eigenvalue weighted by atomic mass is 32.2. The third kappa shape index (κ3) is 10.00. The fourth-order valence-corrected chi connectivity index (χ4v) is 6.51. The fraction of sp³-hybridized carbons (Fsp3) is 0.541. The highest BCUT2D eigenvalue weighted by molar-refractivity contribution is 7.87. The third-order valence-electron chi connectivity index (χ3n) is 8.92. The molecule has 1 saturated carbocycles. The number of fused-ring (bicyclic) bond motifs is 1. The summed E-state index contributed by atoms with van der Waals surface area (Å²) in [5.41, 5.74) is 5.17. The number of amides is 4. The Hall–Kier alpha value is -4.10. The van der Waals surface area contributed by atoms with Gasteiger partial charge in [-0.25, -0.2) is 9.52 Å². The molecular weight excluding hydrogens is 657 g/mol. The van der Waals surface area contributed by atoms with Crippen molar-refractivity contribution in [2.45, 2.75) is 84.6 Å². The predicted molar refractivity (Wildman–Crippen MR) is 200 cm³/mol. The summed E-state index contributed by atoms with van der Waals surface area (Å²) in [4.78, 5) is 39.5. The standard InChI is InChI=1S/C35H50N6O6S.C2H6/c1-8-10-11-23(9-2)32-29-16-12-25(34(43)38-48(45,46)39(3)4)21-30(29)41(6)33(32)28-17-15-27(47-7)20-24(28)18-19-36-35(44)40(5)22-31(42)37-26-13-14-26;1-2/h12,15-17,20-21,23,26H,8-11,13-14,18-19,22H2,1-7H3,(H,36,44)(H,37,42)(H,38,43);1-2H3. The fourth-order valence-electron chi connectivity index (χ4n) is 5.98. The van der Waals surface area contributed by atoms with E-state index in [-0.39, 0.29) is 36.0 Å². The van der Waals surface area contributed by atoms with Gasteiger partial charge in [0.25, 0.3) is 5.91 Å². The summed E-state index contributed by atoms with van der Waals surface area (Å²) in [5, 5.41) is 6.86. The summed E-state index contributed by atoms with van der Waals surface area (Å²) >= 11 is 0. The second-order valence-electron chi connectivity index (χ2n) is 12.7. The van der Waals surface area contributed by atoms with Crippen LogP contribution in [0.3, 0.4) is 0 Å². The third-order valence-corrected chi connectivity index (χ3v) is 10.3. The van der Waals surface area contributed by atoms with Crippen molar-refractivity contribution in [3.63, 3.8) is 0 Å². The van der Waals surface area contributed by atoms with Crippen LogP contribution in [0.2, 0.25) is 0 Å². The van der Waals surface area contributed by atoms with Crippen LogP contribution < -0.4 is 20.1 Å². The van der Waals surface area contributed by atoms with Crippen LogP contribution in [0.1, 0.15) is 93.6 Å². The first-order valence-corrected chi connectivity index (χ1v) is 19.1. The molecule has 0 radical (unpaired) electrons. The number of nitrogens with zero attached hydrogens (tertiary/aromatic N) is 3. The van der Waals surface area contributed by atoms with E-state index >= 15 is 0 Å². The van der Waals surface area contributed by atoms with E-state index in [1.165, 1.54) is 24.6 Å². The molecule has 0 saturated heterocycles. The monoisotopic (exact) mass is 712 g/mol. The lowest BCUT2D eigenvalue weighted by molar-refractivity contribution is -0.121. The van der Waals surface area contributed by atoms with Crippen LogP contribution >= 0.6 is 0 Å². The average molecular weight is 713 g/mol. The molecule has 13 heteroatoms. The van der Waals surface area contributed by atoms with E-state index in [0.29, 0.717) is 18.7 Å². The molecule has 1 aliphatic carbocycles. The number of nitrogens with one attached hydrogen (secondary N) is 3. The summed E-state index contributed by atoms with van der Waals surface area (Å²) in [7, 11) is 3.94. The van der Waals surface area contributed by atoms with E-state index < -0.39 is 16.1 Å². The van der Waals surface area contributed by atoms with Gasteiger partial charge in [0.05, 0.1) is 12.8 Å². The Bertz CT molecular complexity index is 1750. The van der Waals surface area contributed by atoms with E-state index in [4.69, 9.17) is 4.74 Å². The van der Waals surface area contributed by atoms with Gasteiger partial charge in [-0.2, -0.15) is 12.7 Å². The summed E-state index contributed by atoms with van der Waals surface area (Å²) in [5.74, 6) is 0.0571. The first-order chi connectivity index (χ1) is 23.8. The molecule has 1 aromatic heterocycles. The highest BCUT2D eigenvalue weighted by Crippen LogP contribution is 2.43. The number of unbranched alkanes of at least 4 members (excludes halogenated alkanes) is 1. The van der Waals surface area contributed by atoms with Crippen molar-refractivity contribution in [3.05, 3.63) is 53.1 Å². The molecular formula is C37H56N6O6S. The largest absolute Gasteiger partial charge is 0.497 e. The number of carbonyl (C=O) groups excluding carboxylic acids is 3. The molecule has 3 N–H and O–H groups in total. The molecule has 12 nitrogen and oxygen atoms in total. The zero-order valence-electron chi connectivity index (χ0n) is 31.2. The van der Waals surface area contributed by atoms with E-state index in [1.54, 1.807) is 26.3 Å². The number of aryl methyl sites for hydroxylation is 1. The normalized spacial score (nSPS) is 13.3. The SMILES string of the molecule is CC.CCCCC(CC)c1c(-c2ccc(OC)cc2CCNC(=O)N(C)CC(=O)NC2CC2)n(C)c2cc(C(=O)NS(=O)(=O)N(C)C)ccc12. The molecule has 276 valence electrons. The molecule has 4 amide bonds. The van der Waals surface area contributed by atoms with E-state index in [2.05, 4.69) is 33.8 Å². The minimum atomic E-state index is -3.96. The summed E-state index contributed by atoms with van der Waals surface area (Å²) in [6, 6.07) is 11.2. The van der Waals surface area contributed by atoms with Crippen molar-refractivity contribution in [2.75, 3.05) is 41.3 Å². The molecule has 3 aromatic rings. The number of aromatic nitrogens is 1. The van der Waals surface area contributed by atoms with Crippen LogP contribution in [0.15, 0.2) is 36.4 Å². The Kier molecular flexibility index (Phi) is 14.7. The van der Waals surface area contributed by atoms with Crippen molar-refractivity contribution < 1.29 is 27.5 Å². The molecule has 1 aliphatic rings. The van der Waals surface area contributed by atoms with Gasteiger partial charge in [-0.05, 0) is 79.5 Å². The van der Waals surface area contributed by atoms with E-state index in [1.807, 2.05) is 45.2 Å². The Labute approximate surface area is 298 Å². The molecule has 4 rings (SSSR count).